The topological polar surface area (TPSA) is 101 Å². The van der Waals surface area contributed by atoms with E-state index in [1.807, 2.05) is 32.0 Å². The van der Waals surface area contributed by atoms with Crippen LogP contribution in [0.2, 0.25) is 0 Å². The number of aryl methyl sites for hydroxylation is 2. The summed E-state index contributed by atoms with van der Waals surface area (Å²) in [5.41, 5.74) is 3.35. The van der Waals surface area contributed by atoms with Gasteiger partial charge in [-0.15, -0.1) is 11.3 Å². The molecule has 3 rings (SSSR count). The predicted molar refractivity (Wildman–Crippen MR) is 105 cm³/mol. The lowest BCUT2D eigenvalue weighted by molar-refractivity contribution is -0.128. The Kier molecular flexibility index (Phi) is 5.56. The molecule has 0 saturated heterocycles. The van der Waals surface area contributed by atoms with Gasteiger partial charge in [0.05, 0.1) is 12.1 Å². The first-order valence-electron chi connectivity index (χ1n) is 8.29. The van der Waals surface area contributed by atoms with Gasteiger partial charge in [-0.05, 0) is 37.1 Å². The summed E-state index contributed by atoms with van der Waals surface area (Å²) in [6, 6.07) is 5.85. The molecule has 0 radical (unpaired) electrons. The van der Waals surface area contributed by atoms with Gasteiger partial charge in [-0.2, -0.15) is 0 Å². The minimum Gasteiger partial charge on any atom is -0.325 e. The van der Waals surface area contributed by atoms with Crippen LogP contribution < -0.4 is 10.6 Å². The number of benzene rings is 1. The minimum atomic E-state index is -0.949. The second kappa shape index (κ2) is 8.05. The summed E-state index contributed by atoms with van der Waals surface area (Å²) < 4.78 is 0. The van der Waals surface area contributed by atoms with Crippen LogP contribution in [0.25, 0.3) is 0 Å². The SMILES string of the molecule is Cc1ccc(C)c(NC(=O)Cc2csc(NC(=O)C3C=CC=NC3=O)n2)c1. The number of allylic oxidation sites excluding steroid dienone is 1. The number of anilines is 2. The Labute approximate surface area is 160 Å². The van der Waals surface area contributed by atoms with Crippen molar-refractivity contribution in [3.8, 4) is 0 Å². The molecule has 0 bridgehead atoms. The van der Waals surface area contributed by atoms with E-state index < -0.39 is 17.7 Å². The third-order valence-corrected chi connectivity index (χ3v) is 4.74. The third kappa shape index (κ3) is 4.73. The van der Waals surface area contributed by atoms with E-state index in [1.165, 1.54) is 23.6 Å². The van der Waals surface area contributed by atoms with Crippen molar-refractivity contribution >= 4 is 46.1 Å². The molecule has 2 heterocycles. The van der Waals surface area contributed by atoms with Gasteiger partial charge >= 0.3 is 0 Å². The molecule has 27 heavy (non-hydrogen) atoms. The smallest absolute Gasteiger partial charge is 0.262 e. The van der Waals surface area contributed by atoms with E-state index in [4.69, 9.17) is 0 Å². The van der Waals surface area contributed by atoms with Gasteiger partial charge in [0.25, 0.3) is 5.91 Å². The molecular formula is C19H18N4O3S. The molecule has 0 aliphatic carbocycles. The minimum absolute atomic E-state index is 0.0896. The molecule has 3 amide bonds. The monoisotopic (exact) mass is 382 g/mol. The molecule has 0 fully saturated rings. The Morgan fingerprint density at radius 3 is 2.81 bits per heavy atom. The number of carbonyl (C=O) groups excluding carboxylic acids is 3. The van der Waals surface area contributed by atoms with E-state index in [0.29, 0.717) is 10.8 Å². The van der Waals surface area contributed by atoms with Gasteiger partial charge in [0, 0.05) is 17.3 Å². The van der Waals surface area contributed by atoms with Crippen LogP contribution in [0.15, 0.2) is 40.7 Å². The molecule has 1 aliphatic rings. The lowest BCUT2D eigenvalue weighted by Crippen LogP contribution is -2.28. The average Bonchev–Trinajstić information content (AvgIpc) is 3.05. The van der Waals surface area contributed by atoms with Crippen LogP contribution >= 0.6 is 11.3 Å². The summed E-state index contributed by atoms with van der Waals surface area (Å²) >= 11 is 1.20. The fraction of sp³-hybridized carbons (Fsp3) is 0.211. The van der Waals surface area contributed by atoms with Crippen LogP contribution in [0.5, 0.6) is 0 Å². The highest BCUT2D eigenvalue weighted by atomic mass is 32.1. The number of nitrogens with one attached hydrogen (secondary N) is 2. The second-order valence-electron chi connectivity index (χ2n) is 6.16. The summed E-state index contributed by atoms with van der Waals surface area (Å²) in [5.74, 6) is -2.14. The number of nitrogens with zero attached hydrogens (tertiary/aromatic N) is 2. The number of hydrogen-bond acceptors (Lipinski definition) is 5. The van der Waals surface area contributed by atoms with E-state index in [0.717, 1.165) is 16.8 Å². The molecule has 1 aromatic heterocycles. The molecule has 0 saturated carbocycles. The molecule has 7 nitrogen and oxygen atoms in total. The Morgan fingerprint density at radius 2 is 2.04 bits per heavy atom. The van der Waals surface area contributed by atoms with E-state index >= 15 is 0 Å². The van der Waals surface area contributed by atoms with Crippen molar-refractivity contribution in [1.82, 2.24) is 4.98 Å². The predicted octanol–water partition coefficient (Wildman–Crippen LogP) is 2.66. The van der Waals surface area contributed by atoms with Gasteiger partial charge in [-0.1, -0.05) is 18.2 Å². The number of aliphatic imine (C=N–C) groups is 1. The van der Waals surface area contributed by atoms with Gasteiger partial charge in [0.1, 0.15) is 5.92 Å². The van der Waals surface area contributed by atoms with Gasteiger partial charge in [0.2, 0.25) is 11.8 Å². The maximum atomic E-state index is 12.3. The van der Waals surface area contributed by atoms with Crippen LogP contribution in [0, 0.1) is 19.8 Å². The van der Waals surface area contributed by atoms with Gasteiger partial charge in [-0.3, -0.25) is 14.4 Å². The Hall–Kier alpha value is -3.13. The van der Waals surface area contributed by atoms with Crippen molar-refractivity contribution in [2.75, 3.05) is 10.6 Å². The lowest BCUT2D eigenvalue weighted by atomic mass is 10.1. The number of rotatable bonds is 5. The highest BCUT2D eigenvalue weighted by molar-refractivity contribution is 7.14. The maximum absolute atomic E-state index is 12.3. The quantitative estimate of drug-likeness (QED) is 0.777. The molecule has 1 unspecified atom stereocenters. The normalized spacial score (nSPS) is 15.6. The van der Waals surface area contributed by atoms with Crippen molar-refractivity contribution in [3.63, 3.8) is 0 Å². The lowest BCUT2D eigenvalue weighted by Gasteiger charge is -2.09. The summed E-state index contributed by atoms with van der Waals surface area (Å²) in [7, 11) is 0. The fourth-order valence-corrected chi connectivity index (χ4v) is 3.21. The number of dihydropyridines is 1. The summed E-state index contributed by atoms with van der Waals surface area (Å²) in [4.78, 5) is 43.9. The van der Waals surface area contributed by atoms with Crippen LogP contribution in [0.3, 0.4) is 0 Å². The largest absolute Gasteiger partial charge is 0.325 e. The van der Waals surface area contributed by atoms with Gasteiger partial charge in [-0.25, -0.2) is 9.98 Å². The van der Waals surface area contributed by atoms with Crippen molar-refractivity contribution in [1.29, 1.82) is 0 Å². The number of carbonyl (C=O) groups is 3. The van der Waals surface area contributed by atoms with E-state index in [1.54, 1.807) is 11.5 Å². The molecule has 2 aromatic rings. The standard InChI is InChI=1S/C19H18N4O3S/c1-11-5-6-12(2)15(8-11)22-16(24)9-13-10-27-19(21-13)23-18(26)14-4-3-7-20-17(14)25/h3-8,10,14H,9H2,1-2H3,(H,22,24)(H,21,23,26). The summed E-state index contributed by atoms with van der Waals surface area (Å²) in [5, 5.41) is 7.51. The molecule has 1 aliphatic heterocycles. The number of aromatic nitrogens is 1. The van der Waals surface area contributed by atoms with Gasteiger partial charge in [0.15, 0.2) is 5.13 Å². The fourth-order valence-electron chi connectivity index (χ4n) is 2.50. The number of thiazole rings is 1. The highest BCUT2D eigenvalue weighted by Gasteiger charge is 2.25. The zero-order valence-corrected chi connectivity index (χ0v) is 15.7. The first kappa shape index (κ1) is 18.7. The van der Waals surface area contributed by atoms with Crippen LogP contribution in [-0.4, -0.2) is 28.9 Å². The zero-order valence-electron chi connectivity index (χ0n) is 14.9. The van der Waals surface area contributed by atoms with Crippen molar-refractivity contribution in [2.45, 2.75) is 20.3 Å². The maximum Gasteiger partial charge on any atom is 0.262 e. The highest BCUT2D eigenvalue weighted by Crippen LogP contribution is 2.20. The van der Waals surface area contributed by atoms with E-state index in [-0.39, 0.29) is 12.3 Å². The van der Waals surface area contributed by atoms with Crippen LogP contribution in [0.1, 0.15) is 16.8 Å². The van der Waals surface area contributed by atoms with E-state index in [9.17, 15) is 14.4 Å². The molecular weight excluding hydrogens is 364 g/mol. The second-order valence-corrected chi connectivity index (χ2v) is 7.01. The van der Waals surface area contributed by atoms with Gasteiger partial charge < -0.3 is 10.6 Å². The van der Waals surface area contributed by atoms with Crippen molar-refractivity contribution in [3.05, 3.63) is 52.6 Å². The molecule has 0 spiro atoms. The summed E-state index contributed by atoms with van der Waals surface area (Å²) in [6.07, 6.45) is 4.47. The van der Waals surface area contributed by atoms with Crippen LogP contribution in [0.4, 0.5) is 10.8 Å². The van der Waals surface area contributed by atoms with E-state index in [2.05, 4.69) is 20.6 Å². The van der Waals surface area contributed by atoms with Crippen molar-refractivity contribution < 1.29 is 14.4 Å². The summed E-state index contributed by atoms with van der Waals surface area (Å²) in [6.45, 7) is 3.89. The Balaban J connectivity index is 1.59. The molecule has 2 N–H and O–H groups in total. The number of hydrogen-bond donors (Lipinski definition) is 2. The first-order chi connectivity index (χ1) is 12.9. The molecule has 138 valence electrons. The van der Waals surface area contributed by atoms with Crippen molar-refractivity contribution in [2.24, 2.45) is 10.9 Å². The number of amides is 3. The Bertz CT molecular complexity index is 962. The first-order valence-corrected chi connectivity index (χ1v) is 9.17. The molecule has 1 aromatic carbocycles. The zero-order chi connectivity index (χ0) is 19.4. The third-order valence-electron chi connectivity index (χ3n) is 3.93. The Morgan fingerprint density at radius 1 is 1.22 bits per heavy atom. The molecule has 1 atom stereocenters. The average molecular weight is 382 g/mol. The van der Waals surface area contributed by atoms with Crippen LogP contribution in [-0.2, 0) is 20.8 Å². The molecule has 8 heteroatoms.